The van der Waals surface area contributed by atoms with Gasteiger partial charge in [-0.15, -0.1) is 0 Å². The zero-order valence-electron chi connectivity index (χ0n) is 29.8. The van der Waals surface area contributed by atoms with Gasteiger partial charge >= 0.3 is 0 Å². The quantitative estimate of drug-likeness (QED) is 0.168. The molecule has 2 aromatic heterocycles. The fraction of sp³-hybridized carbons (Fsp3) is 0. The highest BCUT2D eigenvalue weighted by atomic mass is 16.3. The Hall–Kier alpha value is -7.36. The van der Waals surface area contributed by atoms with Crippen molar-refractivity contribution in [1.29, 1.82) is 0 Å². The van der Waals surface area contributed by atoms with Gasteiger partial charge in [-0.05, 0) is 84.9 Å². The van der Waals surface area contributed by atoms with E-state index in [4.69, 9.17) is 14.4 Å². The average Bonchev–Trinajstić information content (AvgIpc) is 3.64. The minimum atomic E-state index is 0.700. The van der Waals surface area contributed by atoms with E-state index in [1.807, 2.05) is 36.4 Å². The van der Waals surface area contributed by atoms with Crippen molar-refractivity contribution in [2.75, 3.05) is 0 Å². The molecule has 0 unspecified atom stereocenters. The summed E-state index contributed by atoms with van der Waals surface area (Å²) in [5.41, 5.74) is 11.3. The number of hydrogen-bond acceptors (Lipinski definition) is 3. The molecule has 3 heteroatoms. The van der Waals surface area contributed by atoms with Crippen LogP contribution in [0.1, 0.15) is 0 Å². The standard InChI is InChI=1S/C52H32N2O/c1-3-12-33(13-4-1)34-22-24-35(25-23-34)47-32-48(54-52(53-47)36-14-5-2-6-15-36)45-20-11-19-43-39-16-7-8-17-40(39)46-30-37(27-29-44(46)51(43)45)38-26-28-42-41-18-9-10-21-49(41)55-50(42)31-38/h1-32H. The van der Waals surface area contributed by atoms with Crippen LogP contribution in [0, 0.1) is 0 Å². The summed E-state index contributed by atoms with van der Waals surface area (Å²) in [7, 11) is 0. The molecule has 2 heterocycles. The maximum Gasteiger partial charge on any atom is 0.160 e. The highest BCUT2D eigenvalue weighted by molar-refractivity contribution is 6.28. The van der Waals surface area contributed by atoms with Crippen molar-refractivity contribution >= 4 is 54.3 Å². The first-order chi connectivity index (χ1) is 27.2. The van der Waals surface area contributed by atoms with Crippen LogP contribution in [0.4, 0.5) is 0 Å². The smallest absolute Gasteiger partial charge is 0.160 e. The van der Waals surface area contributed by atoms with Crippen LogP contribution in [0.25, 0.3) is 110 Å². The number of nitrogens with zero attached hydrogens (tertiary/aromatic N) is 2. The summed E-state index contributed by atoms with van der Waals surface area (Å²) >= 11 is 0. The molecule has 0 fully saturated rings. The van der Waals surface area contributed by atoms with Crippen molar-refractivity contribution < 1.29 is 4.42 Å². The summed E-state index contributed by atoms with van der Waals surface area (Å²) in [6.07, 6.45) is 0. The first kappa shape index (κ1) is 31.2. The lowest BCUT2D eigenvalue weighted by Crippen LogP contribution is -1.97. The zero-order valence-corrected chi connectivity index (χ0v) is 29.8. The van der Waals surface area contributed by atoms with Crippen LogP contribution < -0.4 is 0 Å². The molecule has 11 rings (SSSR count). The van der Waals surface area contributed by atoms with Gasteiger partial charge in [-0.25, -0.2) is 9.97 Å². The molecule has 0 atom stereocenters. The van der Waals surface area contributed by atoms with Crippen molar-refractivity contribution in [2.24, 2.45) is 0 Å². The Morgan fingerprint density at radius 3 is 1.60 bits per heavy atom. The molecule has 0 radical (unpaired) electrons. The molecule has 0 N–H and O–H groups in total. The van der Waals surface area contributed by atoms with Crippen molar-refractivity contribution in [3.05, 3.63) is 194 Å². The molecule has 3 nitrogen and oxygen atoms in total. The van der Waals surface area contributed by atoms with Crippen LogP contribution in [0.5, 0.6) is 0 Å². The van der Waals surface area contributed by atoms with Gasteiger partial charge in [-0.2, -0.15) is 0 Å². The maximum atomic E-state index is 6.29. The molecule has 0 amide bonds. The zero-order chi connectivity index (χ0) is 36.3. The molecule has 11 aromatic rings. The predicted molar refractivity (Wildman–Crippen MR) is 229 cm³/mol. The van der Waals surface area contributed by atoms with E-state index in [9.17, 15) is 0 Å². The van der Waals surface area contributed by atoms with Crippen molar-refractivity contribution in [1.82, 2.24) is 9.97 Å². The fourth-order valence-corrected chi connectivity index (χ4v) is 8.22. The molecule has 0 bridgehead atoms. The topological polar surface area (TPSA) is 38.9 Å². The van der Waals surface area contributed by atoms with Gasteiger partial charge in [0.25, 0.3) is 0 Å². The second-order valence-corrected chi connectivity index (χ2v) is 14.1. The van der Waals surface area contributed by atoms with E-state index in [1.54, 1.807) is 0 Å². The van der Waals surface area contributed by atoms with Gasteiger partial charge < -0.3 is 4.42 Å². The molecular weight excluding hydrogens is 669 g/mol. The summed E-state index contributed by atoms with van der Waals surface area (Å²) in [4.78, 5) is 10.4. The summed E-state index contributed by atoms with van der Waals surface area (Å²) in [5.74, 6) is 0.700. The Balaban J connectivity index is 1.12. The van der Waals surface area contributed by atoms with Gasteiger partial charge in [0.2, 0.25) is 0 Å². The van der Waals surface area contributed by atoms with Gasteiger partial charge in [0, 0.05) is 27.5 Å². The molecule has 0 aliphatic carbocycles. The lowest BCUT2D eigenvalue weighted by molar-refractivity contribution is 0.669. The number of rotatable bonds is 5. The number of fused-ring (bicyclic) bond motifs is 9. The summed E-state index contributed by atoms with van der Waals surface area (Å²) in [5, 5.41) is 9.47. The van der Waals surface area contributed by atoms with Crippen LogP contribution in [-0.4, -0.2) is 9.97 Å². The summed E-state index contributed by atoms with van der Waals surface area (Å²) < 4.78 is 6.29. The molecule has 256 valence electrons. The van der Waals surface area contributed by atoms with Gasteiger partial charge in [-0.3, -0.25) is 0 Å². The molecule has 55 heavy (non-hydrogen) atoms. The Kier molecular flexibility index (Phi) is 7.17. The maximum absolute atomic E-state index is 6.29. The van der Waals surface area contributed by atoms with E-state index in [0.29, 0.717) is 5.82 Å². The van der Waals surface area contributed by atoms with Gasteiger partial charge in [0.1, 0.15) is 11.2 Å². The van der Waals surface area contributed by atoms with Gasteiger partial charge in [0.15, 0.2) is 5.82 Å². The molecule has 9 aromatic carbocycles. The van der Waals surface area contributed by atoms with E-state index in [2.05, 4.69) is 158 Å². The van der Waals surface area contributed by atoms with Crippen molar-refractivity contribution in [2.45, 2.75) is 0 Å². The Morgan fingerprint density at radius 2 is 0.818 bits per heavy atom. The highest BCUT2D eigenvalue weighted by Crippen LogP contribution is 2.42. The number of benzene rings is 9. The molecular formula is C52H32N2O. The second kappa shape index (κ2) is 12.6. The molecule has 0 saturated heterocycles. The summed E-state index contributed by atoms with van der Waals surface area (Å²) in [6.45, 7) is 0. The fourth-order valence-electron chi connectivity index (χ4n) is 8.22. The predicted octanol–water partition coefficient (Wildman–Crippen LogP) is 14.2. The lowest BCUT2D eigenvalue weighted by atomic mass is 9.89. The Labute approximate surface area is 317 Å². The first-order valence-electron chi connectivity index (χ1n) is 18.6. The number of hydrogen-bond donors (Lipinski definition) is 0. The van der Waals surface area contributed by atoms with Crippen LogP contribution in [0.3, 0.4) is 0 Å². The summed E-state index contributed by atoms with van der Waals surface area (Å²) in [6, 6.07) is 68.6. The minimum Gasteiger partial charge on any atom is -0.456 e. The Morgan fingerprint density at radius 1 is 0.291 bits per heavy atom. The van der Waals surface area contributed by atoms with Crippen LogP contribution >= 0.6 is 0 Å². The number of aromatic nitrogens is 2. The third-order valence-electron chi connectivity index (χ3n) is 10.9. The van der Waals surface area contributed by atoms with Crippen molar-refractivity contribution in [3.8, 4) is 56.2 Å². The SMILES string of the molecule is c1ccc(-c2ccc(-c3cc(-c4cccc5c6ccccc6c6cc(-c7ccc8c(c7)oc7ccccc78)ccc6c45)nc(-c4ccccc4)n3)cc2)cc1. The monoisotopic (exact) mass is 700 g/mol. The van der Waals surface area contributed by atoms with E-state index in [1.165, 1.54) is 43.4 Å². The second-order valence-electron chi connectivity index (χ2n) is 14.1. The van der Waals surface area contributed by atoms with Crippen LogP contribution in [-0.2, 0) is 0 Å². The highest BCUT2D eigenvalue weighted by Gasteiger charge is 2.18. The van der Waals surface area contributed by atoms with E-state index in [0.717, 1.165) is 61.1 Å². The third kappa shape index (κ3) is 5.28. The molecule has 0 saturated carbocycles. The molecule has 0 aliphatic rings. The first-order valence-corrected chi connectivity index (χ1v) is 18.6. The van der Waals surface area contributed by atoms with E-state index >= 15 is 0 Å². The molecule has 0 spiro atoms. The minimum absolute atomic E-state index is 0.700. The average molecular weight is 701 g/mol. The lowest BCUT2D eigenvalue weighted by Gasteiger charge is -2.16. The van der Waals surface area contributed by atoms with Crippen LogP contribution in [0.2, 0.25) is 0 Å². The number of para-hydroxylation sites is 1. The van der Waals surface area contributed by atoms with E-state index in [-0.39, 0.29) is 0 Å². The number of furan rings is 1. The normalized spacial score (nSPS) is 11.6. The van der Waals surface area contributed by atoms with Crippen LogP contribution in [0.15, 0.2) is 199 Å². The van der Waals surface area contributed by atoms with Crippen molar-refractivity contribution in [3.63, 3.8) is 0 Å². The molecule has 0 aliphatic heterocycles. The Bertz CT molecular complexity index is 3240. The largest absolute Gasteiger partial charge is 0.456 e. The van der Waals surface area contributed by atoms with Gasteiger partial charge in [0.05, 0.1) is 11.4 Å². The van der Waals surface area contributed by atoms with Gasteiger partial charge in [-0.1, -0.05) is 164 Å². The third-order valence-corrected chi connectivity index (χ3v) is 10.9. The van der Waals surface area contributed by atoms with E-state index < -0.39 is 0 Å².